The molecule has 1 heterocycles. The van der Waals surface area contributed by atoms with Crippen LogP contribution in [0.4, 0.5) is 0 Å². The molecular weight excluding hydrogens is 1410 g/mol. The van der Waals surface area contributed by atoms with E-state index in [0.29, 0.717) is 51.4 Å². The number of benzene rings is 1. The molecule has 1 fully saturated rings. The molecule has 0 aromatic heterocycles. The van der Waals surface area contributed by atoms with Gasteiger partial charge in [-0.05, 0) is 182 Å². The van der Waals surface area contributed by atoms with Crippen molar-refractivity contribution in [1.82, 2.24) is 63.4 Å². The van der Waals surface area contributed by atoms with Gasteiger partial charge in [0.2, 0.25) is 76.8 Å². The van der Waals surface area contributed by atoms with Crippen LogP contribution in [-0.4, -0.2) is 197 Å². The third kappa shape index (κ3) is 36.2. The van der Waals surface area contributed by atoms with E-state index < -0.39 is 186 Å². The van der Waals surface area contributed by atoms with Crippen molar-refractivity contribution in [1.29, 1.82) is 0 Å². The van der Waals surface area contributed by atoms with Crippen LogP contribution < -0.4 is 87.2 Å². The summed E-state index contributed by atoms with van der Waals surface area (Å²) in [5.41, 5.74) is 30.4. The van der Waals surface area contributed by atoms with Crippen molar-refractivity contribution in [2.24, 2.45) is 70.1 Å². The molecule has 1 saturated heterocycles. The molecule has 1 aliphatic rings. The lowest BCUT2D eigenvalue weighted by atomic mass is 9.95. The van der Waals surface area contributed by atoms with Crippen LogP contribution in [0, 0.1) is 41.4 Å². The number of nitrogens with zero attached hydrogens (tertiary/aromatic N) is 1. The zero-order chi connectivity index (χ0) is 83.1. The topological polar surface area (TPSA) is 525 Å². The summed E-state index contributed by atoms with van der Waals surface area (Å²) in [4.78, 5) is 198. The summed E-state index contributed by atoms with van der Waals surface area (Å²) < 4.78 is 0. The SMILES string of the molecule is CCC(C)[C@H](NC(=O)[C@@H]1CCCN1C(=O)[C@H](CC(C)C)NC(=O)[C@@H](N)Cc1ccccc1)C(=O)N[C@H](C(=O)N[C@@H](CCCCN)C(=O)N[C@@H](CCCCN)C(=O)N[C@@H](CC(C)C)C(=O)N[C@@H](CC(C)C)C(=O)N[C@@H](CCCCN)C(=O)N[C@@H](CCC(=O)O)C(=O)N[C@@H](CC(C)C)C(=O)N[C@@H](CC(C)C)C(N)=O)C(C)C. The summed E-state index contributed by atoms with van der Waals surface area (Å²) in [6.45, 7) is 26.2. The van der Waals surface area contributed by atoms with E-state index in [0.717, 1.165) is 5.56 Å². The van der Waals surface area contributed by atoms with Crippen molar-refractivity contribution in [3.05, 3.63) is 35.9 Å². The van der Waals surface area contributed by atoms with E-state index >= 15 is 0 Å². The molecule has 624 valence electrons. The molecule has 32 nitrogen and oxygen atoms in total. The smallest absolute Gasteiger partial charge is 0.303 e. The minimum Gasteiger partial charge on any atom is -0.481 e. The maximum Gasteiger partial charge on any atom is 0.303 e. The predicted octanol–water partition coefficient (Wildman–Crippen LogP) is 1.55. The lowest BCUT2D eigenvalue weighted by Crippen LogP contribution is -2.62. The van der Waals surface area contributed by atoms with Gasteiger partial charge in [0.05, 0.1) is 6.04 Å². The number of rotatable bonds is 54. The van der Waals surface area contributed by atoms with E-state index in [9.17, 15) is 72.2 Å². The van der Waals surface area contributed by atoms with Crippen molar-refractivity contribution >= 4 is 82.8 Å². The molecule has 1 unspecified atom stereocenters. The van der Waals surface area contributed by atoms with E-state index in [4.69, 9.17) is 28.7 Å². The summed E-state index contributed by atoms with van der Waals surface area (Å²) >= 11 is 0. The number of aliphatic carboxylic acids is 1. The number of primary amides is 1. The third-order valence-corrected chi connectivity index (χ3v) is 19.2. The largest absolute Gasteiger partial charge is 0.481 e. The average Bonchev–Trinajstić information content (AvgIpc) is 1.63. The number of carboxylic acid groups (broad SMARTS) is 1. The van der Waals surface area contributed by atoms with Crippen LogP contribution in [0.5, 0.6) is 0 Å². The second-order valence-corrected chi connectivity index (χ2v) is 32.0. The lowest BCUT2D eigenvalue weighted by molar-refractivity contribution is -0.143. The molecule has 1 aromatic rings. The van der Waals surface area contributed by atoms with Gasteiger partial charge < -0.3 is 97.2 Å². The van der Waals surface area contributed by atoms with Crippen LogP contribution >= 0.6 is 0 Å². The van der Waals surface area contributed by atoms with Crippen molar-refractivity contribution in [2.75, 3.05) is 26.2 Å². The molecule has 13 amide bonds. The molecule has 0 radical (unpaired) electrons. The second-order valence-electron chi connectivity index (χ2n) is 32.0. The number of nitrogens with two attached hydrogens (primary N) is 5. The van der Waals surface area contributed by atoms with Gasteiger partial charge >= 0.3 is 5.97 Å². The number of likely N-dealkylation sites (tertiary alicyclic amines) is 1. The Morgan fingerprint density at radius 3 is 1.15 bits per heavy atom. The molecule has 0 bridgehead atoms. The van der Waals surface area contributed by atoms with Crippen molar-refractivity contribution < 1.29 is 72.2 Å². The fourth-order valence-corrected chi connectivity index (χ4v) is 13.0. The first-order valence-electron chi connectivity index (χ1n) is 39.8. The first-order chi connectivity index (χ1) is 51.8. The highest BCUT2D eigenvalue weighted by Crippen LogP contribution is 2.23. The third-order valence-electron chi connectivity index (χ3n) is 19.2. The molecule has 1 aliphatic heterocycles. The molecule has 1 aromatic carbocycles. The van der Waals surface area contributed by atoms with Crippen LogP contribution in [-0.2, 0) is 73.5 Å². The van der Waals surface area contributed by atoms with Crippen LogP contribution in [0.15, 0.2) is 30.3 Å². The van der Waals surface area contributed by atoms with Gasteiger partial charge in [0.1, 0.15) is 72.5 Å². The Morgan fingerprint density at radius 1 is 0.427 bits per heavy atom. The van der Waals surface area contributed by atoms with Gasteiger partial charge in [-0.3, -0.25) is 67.1 Å². The maximum atomic E-state index is 14.7. The Labute approximate surface area is 651 Å². The van der Waals surface area contributed by atoms with Crippen molar-refractivity contribution in [3.8, 4) is 0 Å². The van der Waals surface area contributed by atoms with E-state index in [1.807, 2.05) is 78.8 Å². The Bertz CT molecular complexity index is 3100. The fraction of sp³-hybridized carbons (Fsp3) is 0.744. The Morgan fingerprint density at radius 2 is 0.773 bits per heavy atom. The minimum atomic E-state index is -1.55. The average molecular weight is 1550 g/mol. The van der Waals surface area contributed by atoms with Gasteiger partial charge in [0.25, 0.3) is 0 Å². The number of unbranched alkanes of at least 4 members (excludes halogenated alkanes) is 3. The summed E-state index contributed by atoms with van der Waals surface area (Å²) in [5.74, 6) is -12.5. The maximum absolute atomic E-state index is 14.7. The lowest BCUT2D eigenvalue weighted by Gasteiger charge is -2.32. The first-order valence-corrected chi connectivity index (χ1v) is 39.8. The molecule has 22 N–H and O–H groups in total. The molecule has 2 rings (SSSR count). The van der Waals surface area contributed by atoms with E-state index in [1.54, 1.807) is 48.5 Å². The molecule has 32 heteroatoms. The van der Waals surface area contributed by atoms with Gasteiger partial charge in [0, 0.05) is 13.0 Å². The Balaban J connectivity index is 2.49. The zero-order valence-electron chi connectivity index (χ0n) is 67.9. The number of hydrogen-bond donors (Lipinski definition) is 17. The van der Waals surface area contributed by atoms with Gasteiger partial charge in [-0.1, -0.05) is 134 Å². The highest BCUT2D eigenvalue weighted by Gasteiger charge is 2.42. The van der Waals surface area contributed by atoms with E-state index in [1.165, 1.54) is 4.90 Å². The molecule has 0 spiro atoms. The Kier molecular flexibility index (Phi) is 45.5. The van der Waals surface area contributed by atoms with Gasteiger partial charge in [-0.2, -0.15) is 0 Å². The quantitative estimate of drug-likeness (QED) is 0.0411. The predicted molar refractivity (Wildman–Crippen MR) is 420 cm³/mol. The number of hydrogen-bond acceptors (Lipinski definition) is 18. The highest BCUT2D eigenvalue weighted by molar-refractivity contribution is 6.00. The van der Waals surface area contributed by atoms with E-state index in [2.05, 4.69) is 58.5 Å². The molecule has 14 atom stereocenters. The zero-order valence-corrected chi connectivity index (χ0v) is 67.9. The molecule has 0 aliphatic carbocycles. The van der Waals surface area contributed by atoms with Gasteiger partial charge in [-0.15, -0.1) is 0 Å². The summed E-state index contributed by atoms with van der Waals surface area (Å²) in [7, 11) is 0. The Hall–Kier alpha value is -8.36. The first kappa shape index (κ1) is 97.7. The summed E-state index contributed by atoms with van der Waals surface area (Å²) in [5, 5.41) is 40.0. The molecule has 110 heavy (non-hydrogen) atoms. The standard InChI is InChI=1S/C78H137N17O15/c1-15-50(14)65(94-75(107)62-31-25-37-95(62)78(110)61(42-48(10)11)92-67(99)52(82)43-51-26-17-16-18-27-51)77(109)93-64(49(12)13)76(108)87-55(30-21-24-36-81)69(101)84-54(29-20-23-35-80)70(102)89-60(41-47(8)9)74(106)91-58(39-45(4)5)72(104)85-53(28-19-22-34-79)68(100)86-56(32-33-63(96)97)71(103)90-59(40-46(6)7)73(105)88-57(66(83)98)38-44(2)3/h16-18,26-27,44-50,52-62,64-65H,15,19-25,28-43,79-82H2,1-14H3,(H2,83,98)(H,84,101)(H,85,104)(H,86,100)(H,87,108)(H,88,105)(H,89,102)(H,90,103)(H,91,106)(H,92,99)(H,93,109)(H,94,107)(H,96,97)/t50?,52-,53-,54-,55-,56-,57-,58-,59-,60-,61-,62-,64-,65-/m0/s1. The second kappa shape index (κ2) is 51.2. The number of carbonyl (C=O) groups excluding carboxylic acids is 13. The van der Waals surface area contributed by atoms with Gasteiger partial charge in [0.15, 0.2) is 0 Å². The normalized spacial score (nSPS) is 16.5. The van der Waals surface area contributed by atoms with Crippen LogP contribution in [0.2, 0.25) is 0 Å². The summed E-state index contributed by atoms with van der Waals surface area (Å²) in [6.07, 6.45) is 3.35. The van der Waals surface area contributed by atoms with Crippen LogP contribution in [0.1, 0.15) is 224 Å². The van der Waals surface area contributed by atoms with E-state index in [-0.39, 0.29) is 120 Å². The van der Waals surface area contributed by atoms with Crippen molar-refractivity contribution in [2.45, 2.75) is 304 Å². The number of carboxylic acids is 1. The van der Waals surface area contributed by atoms with Crippen LogP contribution in [0.25, 0.3) is 0 Å². The number of nitrogens with one attached hydrogen (secondary N) is 11. The molecular formula is C78H137N17O15. The number of carbonyl (C=O) groups is 14. The van der Waals surface area contributed by atoms with Crippen LogP contribution in [0.3, 0.4) is 0 Å². The molecule has 0 saturated carbocycles. The summed E-state index contributed by atoms with van der Waals surface area (Å²) in [6, 6.07) is -6.63. The van der Waals surface area contributed by atoms with Crippen molar-refractivity contribution in [3.63, 3.8) is 0 Å². The fourth-order valence-electron chi connectivity index (χ4n) is 13.0. The van der Waals surface area contributed by atoms with Gasteiger partial charge in [-0.25, -0.2) is 0 Å². The minimum absolute atomic E-state index is 0.0204. The highest BCUT2D eigenvalue weighted by atomic mass is 16.4. The monoisotopic (exact) mass is 1550 g/mol. The number of amides is 13.